The second-order valence-electron chi connectivity index (χ2n) is 55.6. The highest BCUT2D eigenvalue weighted by Crippen LogP contribution is 2.43. The van der Waals surface area contributed by atoms with E-state index in [2.05, 4.69) is 457 Å². The topological polar surface area (TPSA) is 65.7 Å². The molecule has 0 spiro atoms. The Morgan fingerprint density at radius 1 is 0.422 bits per heavy atom. The Bertz CT molecular complexity index is 4150. The first kappa shape index (κ1) is 149. The molecule has 7 aliphatic rings. The van der Waals surface area contributed by atoms with Gasteiger partial charge in [-0.1, -0.05) is 160 Å². The zero-order valence-electron chi connectivity index (χ0n) is 102. The Balaban J connectivity index is -0.000000761. The molecule has 860 valence electrons. The molecule has 0 unspecified atom stereocenters. The van der Waals surface area contributed by atoms with Gasteiger partial charge in [-0.3, -0.25) is 44.1 Å². The van der Waals surface area contributed by atoms with Gasteiger partial charge >= 0.3 is 6.18 Å². The predicted octanol–water partition coefficient (Wildman–Crippen LogP) is 35.3. The summed E-state index contributed by atoms with van der Waals surface area (Å²) in [7, 11) is 8.08. The van der Waals surface area contributed by atoms with Gasteiger partial charge in [0.2, 0.25) is 0 Å². The molecule has 0 amide bonds. The second kappa shape index (κ2) is 64.4. The molecule has 5 aromatic rings. The van der Waals surface area contributed by atoms with Crippen LogP contribution in [0.1, 0.15) is 457 Å². The molecule has 2 N–H and O–H groups in total. The first-order valence-electron chi connectivity index (χ1n) is 55.0. The van der Waals surface area contributed by atoms with E-state index in [1.165, 1.54) is 162 Å². The number of rotatable bonds is 9. The van der Waals surface area contributed by atoms with E-state index in [0.717, 1.165) is 72.7 Å². The molecule has 5 saturated heterocycles. The van der Waals surface area contributed by atoms with Gasteiger partial charge in [0.05, 0.1) is 13.7 Å². The summed E-state index contributed by atoms with van der Waals surface area (Å²) in [6.07, 6.45) is 12.4. The van der Waals surface area contributed by atoms with Gasteiger partial charge in [0.15, 0.2) is 0 Å². The van der Waals surface area contributed by atoms with E-state index >= 15 is 0 Å². The lowest BCUT2D eigenvalue weighted by Gasteiger charge is -2.43. The van der Waals surface area contributed by atoms with E-state index in [4.69, 9.17) is 27.9 Å². The van der Waals surface area contributed by atoms with Crippen LogP contribution in [0.5, 0.6) is 5.75 Å². The van der Waals surface area contributed by atoms with Crippen LogP contribution in [0.4, 0.5) is 18.9 Å². The number of anilines is 1. The molecular formula is C129H243Cl2F3N12O. The average molecular weight is 2110 g/mol. The minimum absolute atomic E-state index is 0. The number of aryl methyl sites for hydroxylation is 1. The fraction of sp³-hybridized carbons (Fsp3) is 0.767. The van der Waals surface area contributed by atoms with Crippen molar-refractivity contribution in [2.75, 3.05) is 98.6 Å². The first-order valence-corrected chi connectivity index (χ1v) is 55.8. The Hall–Kier alpha value is -4.37. The maximum absolute atomic E-state index is 11.5. The average Bonchev–Trinajstić information content (AvgIpc) is 1.63. The molecule has 7 aliphatic heterocycles. The van der Waals surface area contributed by atoms with Gasteiger partial charge in [-0.15, -0.1) is 0 Å². The van der Waals surface area contributed by atoms with Crippen molar-refractivity contribution < 1.29 is 17.9 Å². The third-order valence-electron chi connectivity index (χ3n) is 28.6. The number of methoxy groups -OCH3 is 1. The van der Waals surface area contributed by atoms with Crippen LogP contribution in [-0.4, -0.2) is 234 Å². The maximum Gasteiger partial charge on any atom is 0.401 e. The molecule has 0 atom stereocenters. The summed E-state index contributed by atoms with van der Waals surface area (Å²) in [6.45, 7) is 116. The fourth-order valence-electron chi connectivity index (χ4n) is 18.8. The van der Waals surface area contributed by atoms with Gasteiger partial charge in [-0.25, -0.2) is 0 Å². The van der Waals surface area contributed by atoms with Crippen LogP contribution in [0.15, 0.2) is 115 Å². The standard InChI is InChI=1S/C15H22ClN.C13H20ClN.C13H19N.C12H19NO.C12H17N.C11H23N.C10H19N.C9H19N.3C8H19N.C6H12F3N.4CH4/c1-15(2,3)17-10-8-13(9-11-17)12-4-6-14(16)7-5-12;1-10-8-11(6-7-12(10)14)9-15(5)13(2,3)4;1-13(2,3)14-9-8-11-6-4-5-7-12(11)10-14;1-12(2,3)13(4)10-6-8-11(14-5)9-7-10;1-12(2,3)13-8-10-6-4-5-7-11(10)9-13;1-10(2,3)12-8-6-11(4,5)7-9-12;1-10(2,3)11-8-4-5-9(11)7-6-8;1-9(2,3)10-7-5-4-6-8-10;1-7(2)9(6)8(3,4)5;1-7(2,3)9-8(4,5)6;1-6-9(7-2)8(3,4)5;1-5(2,3)10-4-6(7,8)9;;;;/h4-7,13H,8-11H2,1-3H3;6-8H,9H2,1-5H3;4-7H,8-10H2,1-3H3;6-9H,1-5H3;4-7H,8-9H2,1-3H3;6-9H2,1-5H3;8-9H,4-7H2,1-3H3;4-8H2,1-3H3;7H,1-6H3;9H,1-6H3;6-7H2,1-5H3;10H,4H2,1-3H3;4*1H4. The van der Waals surface area contributed by atoms with E-state index < -0.39 is 18.3 Å². The number of halogens is 5. The molecule has 7 heterocycles. The van der Waals surface area contributed by atoms with Crippen molar-refractivity contribution in [1.82, 2.24) is 54.7 Å². The van der Waals surface area contributed by atoms with Crippen molar-refractivity contribution in [3.05, 3.63) is 164 Å². The van der Waals surface area contributed by atoms with E-state index in [1.807, 2.05) is 37.3 Å². The molecule has 147 heavy (non-hydrogen) atoms. The molecular weight excluding hydrogens is 1860 g/mol. The van der Waals surface area contributed by atoms with Crippen molar-refractivity contribution in [3.63, 3.8) is 0 Å². The number of hydrogen-bond donors (Lipinski definition) is 2. The monoisotopic (exact) mass is 2100 g/mol. The predicted molar refractivity (Wildman–Crippen MR) is 655 cm³/mol. The molecule has 13 nitrogen and oxygen atoms in total. The molecule has 12 rings (SSSR count). The van der Waals surface area contributed by atoms with Gasteiger partial charge < -0.3 is 20.3 Å². The lowest BCUT2D eigenvalue weighted by Crippen LogP contribution is -2.48. The largest absolute Gasteiger partial charge is 0.497 e. The lowest BCUT2D eigenvalue weighted by atomic mass is 9.81. The molecule has 2 bridgehead atoms. The molecule has 0 aliphatic carbocycles. The summed E-state index contributed by atoms with van der Waals surface area (Å²) in [5.41, 5.74) is 14.9. The van der Waals surface area contributed by atoms with E-state index in [-0.39, 0.29) is 51.9 Å². The summed E-state index contributed by atoms with van der Waals surface area (Å²) in [5.74, 6) is 1.61. The third-order valence-corrected chi connectivity index (χ3v) is 29.3. The SMILES string of the molecule is C.C.C.C.CC(C)(C)N1C2CCC1CC2.CC(C)(C)N1CCC(c2ccc(Cl)cc2)CC1.CC(C)(C)N1CCCCC1.CC(C)(C)N1CCc2ccccc2C1.CC(C)(C)N1Cc2ccccc2C1.CC(C)(C)NC(C)(C)C.CC(C)(C)NCC(F)(F)F.CC(C)N(C)C(C)(C)C.CC1(C)CCN(C(C)(C)C)CC1.CCN(CC)C(C)(C)C.COc1ccc(N(C)C(C)(C)C)cc1.Cc1cc(CN(C)C(C)(C)C)ccc1Cl. The van der Waals surface area contributed by atoms with Gasteiger partial charge in [0, 0.05) is 146 Å². The number of alkyl halides is 3. The number of fused-ring (bicyclic) bond motifs is 4. The number of benzene rings is 5. The number of nitrogens with zero attached hydrogens (tertiary/aromatic N) is 10. The molecule has 5 fully saturated rings. The van der Waals surface area contributed by atoms with Crippen molar-refractivity contribution in [1.29, 1.82) is 0 Å². The molecule has 5 aromatic carbocycles. The summed E-state index contributed by atoms with van der Waals surface area (Å²) in [5, 5.41) is 7.47. The number of likely N-dealkylation sites (tertiary alicyclic amines) is 3. The van der Waals surface area contributed by atoms with Crippen molar-refractivity contribution >= 4 is 28.9 Å². The van der Waals surface area contributed by atoms with Crippen LogP contribution in [0.3, 0.4) is 0 Å². The van der Waals surface area contributed by atoms with Crippen LogP contribution >= 0.6 is 23.2 Å². The van der Waals surface area contributed by atoms with E-state index in [9.17, 15) is 13.2 Å². The maximum atomic E-state index is 11.5. The van der Waals surface area contributed by atoms with Crippen molar-refractivity contribution in [3.8, 4) is 5.75 Å². The van der Waals surface area contributed by atoms with Crippen molar-refractivity contribution in [2.24, 2.45) is 5.41 Å². The number of piperidine rings is 3. The quantitative estimate of drug-likeness (QED) is 0.147. The number of ether oxygens (including phenoxy) is 1. The van der Waals surface area contributed by atoms with Gasteiger partial charge in [0.1, 0.15) is 5.75 Å². The smallest absolute Gasteiger partial charge is 0.401 e. The summed E-state index contributed by atoms with van der Waals surface area (Å²) >= 11 is 11.9. The number of nitrogens with one attached hydrogen (secondary N) is 2. The van der Waals surface area contributed by atoms with Crippen LogP contribution in [0.25, 0.3) is 0 Å². The Morgan fingerprint density at radius 2 is 0.803 bits per heavy atom. The highest BCUT2D eigenvalue weighted by atomic mass is 35.5. The zero-order valence-corrected chi connectivity index (χ0v) is 104. The van der Waals surface area contributed by atoms with Gasteiger partial charge in [-0.2, -0.15) is 13.2 Å². The fourth-order valence-corrected chi connectivity index (χ4v) is 19.0. The van der Waals surface area contributed by atoms with Crippen LogP contribution in [0.2, 0.25) is 10.0 Å². The number of hydrogen-bond acceptors (Lipinski definition) is 13. The summed E-state index contributed by atoms with van der Waals surface area (Å²) in [4.78, 5) is 24.9. The van der Waals surface area contributed by atoms with Gasteiger partial charge in [-0.05, 0) is 521 Å². The molecule has 0 radical (unpaired) electrons. The normalized spacial score (nSPS) is 17.8. The van der Waals surface area contributed by atoms with Crippen LogP contribution in [-0.2, 0) is 32.6 Å². The molecule has 0 aromatic heterocycles. The van der Waals surface area contributed by atoms with Crippen LogP contribution in [0, 0.1) is 12.3 Å². The Labute approximate surface area is 923 Å². The second-order valence-corrected chi connectivity index (χ2v) is 56.4. The molecule has 0 saturated carbocycles. The van der Waals surface area contributed by atoms with Crippen LogP contribution < -0.4 is 20.3 Å². The zero-order chi connectivity index (χ0) is 111. The van der Waals surface area contributed by atoms with E-state index in [0.29, 0.717) is 61.7 Å². The summed E-state index contributed by atoms with van der Waals surface area (Å²) < 4.78 is 39.7. The van der Waals surface area contributed by atoms with Gasteiger partial charge in [0.25, 0.3) is 0 Å². The summed E-state index contributed by atoms with van der Waals surface area (Å²) in [6, 6.07) is 42.8. The van der Waals surface area contributed by atoms with E-state index in [1.54, 1.807) is 27.9 Å². The van der Waals surface area contributed by atoms with Crippen molar-refractivity contribution in [2.45, 2.75) is 554 Å². The minimum atomic E-state index is -4.10. The Kier molecular flexibility index (Phi) is 65.2. The third kappa shape index (κ3) is 62.2. The Morgan fingerprint density at radius 3 is 1.09 bits per heavy atom. The highest BCUT2D eigenvalue weighted by molar-refractivity contribution is 6.31. The molecule has 18 heteroatoms. The lowest BCUT2D eigenvalue weighted by molar-refractivity contribution is -0.127. The minimum Gasteiger partial charge on any atom is -0.497 e. The first-order chi connectivity index (χ1) is 64.7. The highest BCUT2D eigenvalue weighted by Gasteiger charge is 2.45.